The van der Waals surface area contributed by atoms with Gasteiger partial charge in [0.25, 0.3) is 0 Å². The molecule has 0 aliphatic carbocycles. The summed E-state index contributed by atoms with van der Waals surface area (Å²) in [5.74, 6) is 2.17. The van der Waals surface area contributed by atoms with Gasteiger partial charge in [0.05, 0.1) is 5.60 Å². The summed E-state index contributed by atoms with van der Waals surface area (Å²) in [6.07, 6.45) is 1.83. The quantitative estimate of drug-likeness (QED) is 0.878. The monoisotopic (exact) mass is 265 g/mol. The predicted molar refractivity (Wildman–Crippen MR) is 79.1 cm³/mol. The Morgan fingerprint density at radius 2 is 2.00 bits per heavy atom. The van der Waals surface area contributed by atoms with Crippen molar-refractivity contribution in [2.45, 2.75) is 38.8 Å². The van der Waals surface area contributed by atoms with Gasteiger partial charge in [-0.1, -0.05) is 18.2 Å². The van der Waals surface area contributed by atoms with Crippen molar-refractivity contribution in [3.05, 3.63) is 34.9 Å². The van der Waals surface area contributed by atoms with Crippen LogP contribution in [0.25, 0.3) is 0 Å². The largest absolute Gasteiger partial charge is 0.389 e. The first-order chi connectivity index (χ1) is 8.61. The Bertz CT molecular complexity index is 399. The Hall–Kier alpha value is -0.510. The number of nitrogens with one attached hydrogen (secondary N) is 1. The van der Waals surface area contributed by atoms with Gasteiger partial charge in [0.2, 0.25) is 0 Å². The van der Waals surface area contributed by atoms with Crippen LogP contribution in [0.1, 0.15) is 29.5 Å². The number of rotatable bonds is 4. The van der Waals surface area contributed by atoms with Crippen LogP contribution in [0.3, 0.4) is 0 Å². The van der Waals surface area contributed by atoms with Gasteiger partial charge in [-0.3, -0.25) is 0 Å². The molecule has 0 radical (unpaired) electrons. The molecule has 2 nitrogen and oxygen atoms in total. The van der Waals surface area contributed by atoms with Gasteiger partial charge in [-0.25, -0.2) is 0 Å². The molecule has 1 heterocycles. The lowest BCUT2D eigenvalue weighted by Crippen LogP contribution is -2.43. The Morgan fingerprint density at radius 1 is 1.28 bits per heavy atom. The standard InChI is InChI=1S/C15H23NOS/c1-12-4-3-5-14(13(12)2)10-16-11-15(17)6-8-18-9-7-15/h3-5,16-17H,6-11H2,1-2H3. The van der Waals surface area contributed by atoms with E-state index < -0.39 is 5.60 Å². The molecule has 2 N–H and O–H groups in total. The van der Waals surface area contributed by atoms with Crippen LogP contribution in [0, 0.1) is 13.8 Å². The van der Waals surface area contributed by atoms with Crippen molar-refractivity contribution in [3.63, 3.8) is 0 Å². The highest BCUT2D eigenvalue weighted by atomic mass is 32.2. The summed E-state index contributed by atoms with van der Waals surface area (Å²) in [7, 11) is 0. The van der Waals surface area contributed by atoms with Gasteiger partial charge in [0.1, 0.15) is 0 Å². The van der Waals surface area contributed by atoms with E-state index in [1.807, 2.05) is 11.8 Å². The van der Waals surface area contributed by atoms with E-state index >= 15 is 0 Å². The summed E-state index contributed by atoms with van der Waals surface area (Å²) in [6, 6.07) is 6.41. The van der Waals surface area contributed by atoms with E-state index in [1.165, 1.54) is 16.7 Å². The average molecular weight is 265 g/mol. The van der Waals surface area contributed by atoms with Crippen molar-refractivity contribution in [1.82, 2.24) is 5.32 Å². The first kappa shape index (κ1) is 13.9. The van der Waals surface area contributed by atoms with Crippen molar-refractivity contribution in [1.29, 1.82) is 0 Å². The average Bonchev–Trinajstić information content (AvgIpc) is 2.35. The minimum Gasteiger partial charge on any atom is -0.389 e. The van der Waals surface area contributed by atoms with Crippen molar-refractivity contribution in [2.75, 3.05) is 18.1 Å². The second-order valence-electron chi connectivity index (χ2n) is 5.30. The third kappa shape index (κ3) is 3.50. The van der Waals surface area contributed by atoms with Crippen molar-refractivity contribution >= 4 is 11.8 Å². The molecule has 0 saturated carbocycles. The summed E-state index contributed by atoms with van der Waals surface area (Å²) in [5.41, 5.74) is 3.55. The number of thioether (sulfide) groups is 1. The van der Waals surface area contributed by atoms with Gasteiger partial charge >= 0.3 is 0 Å². The van der Waals surface area contributed by atoms with Gasteiger partial charge < -0.3 is 10.4 Å². The van der Waals surface area contributed by atoms with Gasteiger partial charge in [-0.15, -0.1) is 0 Å². The highest BCUT2D eigenvalue weighted by Crippen LogP contribution is 2.26. The smallest absolute Gasteiger partial charge is 0.0787 e. The summed E-state index contributed by atoms with van der Waals surface area (Å²) in [4.78, 5) is 0. The first-order valence-electron chi connectivity index (χ1n) is 6.67. The molecule has 1 aliphatic heterocycles. The Labute approximate surface area is 114 Å². The van der Waals surface area contributed by atoms with Crippen LogP contribution in [0.4, 0.5) is 0 Å². The van der Waals surface area contributed by atoms with E-state index in [9.17, 15) is 5.11 Å². The normalized spacial score (nSPS) is 18.8. The van der Waals surface area contributed by atoms with E-state index in [4.69, 9.17) is 0 Å². The molecule has 18 heavy (non-hydrogen) atoms. The molecule has 0 atom stereocenters. The second-order valence-corrected chi connectivity index (χ2v) is 6.52. The molecule has 0 amide bonds. The molecule has 1 aromatic rings. The van der Waals surface area contributed by atoms with E-state index in [0.717, 1.165) is 30.9 Å². The molecule has 2 rings (SSSR count). The van der Waals surface area contributed by atoms with E-state index in [0.29, 0.717) is 6.54 Å². The minimum atomic E-state index is -0.483. The van der Waals surface area contributed by atoms with E-state index in [-0.39, 0.29) is 0 Å². The van der Waals surface area contributed by atoms with Crippen LogP contribution in [-0.2, 0) is 6.54 Å². The number of benzene rings is 1. The van der Waals surface area contributed by atoms with Crippen LogP contribution in [0.5, 0.6) is 0 Å². The topological polar surface area (TPSA) is 32.3 Å². The highest BCUT2D eigenvalue weighted by Gasteiger charge is 2.28. The second kappa shape index (κ2) is 6.09. The molecule has 3 heteroatoms. The van der Waals surface area contributed by atoms with E-state index in [2.05, 4.69) is 37.4 Å². The van der Waals surface area contributed by atoms with Crippen LogP contribution in [0.15, 0.2) is 18.2 Å². The van der Waals surface area contributed by atoms with Crippen LogP contribution < -0.4 is 5.32 Å². The van der Waals surface area contributed by atoms with Crippen molar-refractivity contribution in [3.8, 4) is 0 Å². The molecule has 1 fully saturated rings. The Kier molecular flexibility index (Phi) is 4.71. The SMILES string of the molecule is Cc1cccc(CNCC2(O)CCSCC2)c1C. The minimum absolute atomic E-state index is 0.483. The molecule has 1 aliphatic rings. The third-order valence-electron chi connectivity index (χ3n) is 3.91. The summed E-state index contributed by atoms with van der Waals surface area (Å²) < 4.78 is 0. The van der Waals surface area contributed by atoms with Gasteiger partial charge in [-0.2, -0.15) is 11.8 Å². The zero-order chi connectivity index (χ0) is 13.0. The molecule has 0 bridgehead atoms. The van der Waals surface area contributed by atoms with Gasteiger partial charge in [0.15, 0.2) is 0 Å². The lowest BCUT2D eigenvalue weighted by atomic mass is 9.96. The summed E-state index contributed by atoms with van der Waals surface area (Å²) in [6.45, 7) is 5.87. The predicted octanol–water partition coefficient (Wildman–Crippen LogP) is 2.65. The summed E-state index contributed by atoms with van der Waals surface area (Å²) >= 11 is 1.94. The van der Waals surface area contributed by atoms with Crippen molar-refractivity contribution in [2.24, 2.45) is 0 Å². The third-order valence-corrected chi connectivity index (χ3v) is 4.90. The molecule has 0 aromatic heterocycles. The van der Waals surface area contributed by atoms with Crippen LogP contribution in [0.2, 0.25) is 0 Å². The molecular formula is C15H23NOS. The lowest BCUT2D eigenvalue weighted by Gasteiger charge is -2.32. The van der Waals surface area contributed by atoms with E-state index in [1.54, 1.807) is 0 Å². The highest BCUT2D eigenvalue weighted by molar-refractivity contribution is 7.99. The van der Waals surface area contributed by atoms with Crippen LogP contribution >= 0.6 is 11.8 Å². The molecule has 0 spiro atoms. The Morgan fingerprint density at radius 3 is 2.72 bits per heavy atom. The fourth-order valence-electron chi connectivity index (χ4n) is 2.36. The number of hydrogen-bond acceptors (Lipinski definition) is 3. The molecule has 1 aromatic carbocycles. The zero-order valence-electron chi connectivity index (χ0n) is 11.3. The number of aliphatic hydroxyl groups is 1. The maximum absolute atomic E-state index is 10.4. The maximum atomic E-state index is 10.4. The van der Waals surface area contributed by atoms with Gasteiger partial charge in [-0.05, 0) is 54.9 Å². The maximum Gasteiger partial charge on any atom is 0.0787 e. The fraction of sp³-hybridized carbons (Fsp3) is 0.600. The lowest BCUT2D eigenvalue weighted by molar-refractivity contribution is 0.0320. The molecule has 0 unspecified atom stereocenters. The van der Waals surface area contributed by atoms with Crippen molar-refractivity contribution < 1.29 is 5.11 Å². The first-order valence-corrected chi connectivity index (χ1v) is 7.82. The van der Waals surface area contributed by atoms with Gasteiger partial charge in [0, 0.05) is 13.1 Å². The number of hydrogen-bond donors (Lipinski definition) is 2. The molecular weight excluding hydrogens is 242 g/mol. The number of aryl methyl sites for hydroxylation is 1. The fourth-order valence-corrected chi connectivity index (χ4v) is 3.61. The summed E-state index contributed by atoms with van der Waals surface area (Å²) in [5, 5.41) is 13.8. The van der Waals surface area contributed by atoms with Crippen LogP contribution in [-0.4, -0.2) is 28.8 Å². The zero-order valence-corrected chi connectivity index (χ0v) is 12.1. The Balaban J connectivity index is 1.86. The molecule has 100 valence electrons. The molecule has 1 saturated heterocycles.